The Hall–Kier alpha value is -2.50. The second kappa shape index (κ2) is 7.03. The Balaban J connectivity index is 1.45. The fourth-order valence-corrected chi connectivity index (χ4v) is 5.37. The van der Waals surface area contributed by atoms with Crippen molar-refractivity contribution >= 4 is 21.6 Å². The summed E-state index contributed by atoms with van der Waals surface area (Å²) in [5.74, 6) is 0.0819. The molecule has 1 aromatic heterocycles. The van der Waals surface area contributed by atoms with E-state index in [1.165, 1.54) is 10.9 Å². The van der Waals surface area contributed by atoms with Gasteiger partial charge >= 0.3 is 6.03 Å². The van der Waals surface area contributed by atoms with Crippen LogP contribution in [-0.2, 0) is 46.9 Å². The third-order valence-electron chi connectivity index (χ3n) is 5.98. The zero-order chi connectivity index (χ0) is 21.0. The molecule has 160 valence electrons. The zero-order valence-corrected chi connectivity index (χ0v) is 17.3. The fourth-order valence-electron chi connectivity index (χ4n) is 4.37. The maximum atomic E-state index is 14.6. The molecule has 0 radical (unpaired) electrons. The number of aromatic nitrogens is 2. The molecule has 2 amide bonds. The van der Waals surface area contributed by atoms with Crippen LogP contribution in [-0.4, -0.2) is 39.8 Å². The monoisotopic (exact) mass is 435 g/mol. The maximum absolute atomic E-state index is 14.6. The van der Waals surface area contributed by atoms with E-state index in [1.54, 1.807) is 7.11 Å². The zero-order valence-electron chi connectivity index (χ0n) is 16.4. The number of rotatable bonds is 3. The van der Waals surface area contributed by atoms with Gasteiger partial charge in [0.25, 0.3) is 0 Å². The van der Waals surface area contributed by atoms with Gasteiger partial charge in [0, 0.05) is 12.8 Å². The van der Waals surface area contributed by atoms with Crippen LogP contribution in [0.2, 0.25) is 0 Å². The van der Waals surface area contributed by atoms with E-state index in [-0.39, 0.29) is 29.3 Å². The number of amides is 2. The number of halogens is 1. The van der Waals surface area contributed by atoms with Crippen LogP contribution < -0.4 is 15.2 Å². The Morgan fingerprint density at radius 1 is 1.33 bits per heavy atom. The molecule has 2 aliphatic carbocycles. The second-order valence-corrected chi connectivity index (χ2v) is 9.47. The van der Waals surface area contributed by atoms with Gasteiger partial charge in [0.05, 0.1) is 12.7 Å². The van der Waals surface area contributed by atoms with Gasteiger partial charge in [0.15, 0.2) is 9.92 Å². The smallest absolute Gasteiger partial charge is 0.354 e. The molecule has 0 spiro atoms. The molecule has 2 unspecified atom stereocenters. The summed E-state index contributed by atoms with van der Waals surface area (Å²) in [5, 5.41) is 12.8. The number of nitrogens with two attached hydrogens (primary N) is 1. The number of urea groups is 1. The van der Waals surface area contributed by atoms with E-state index in [0.29, 0.717) is 49.0 Å². The van der Waals surface area contributed by atoms with Crippen molar-refractivity contribution in [2.75, 3.05) is 19.0 Å². The summed E-state index contributed by atoms with van der Waals surface area (Å²) in [6.07, 6.45) is 4.66. The second-order valence-electron chi connectivity index (χ2n) is 7.71. The number of anilines is 1. The van der Waals surface area contributed by atoms with E-state index >= 15 is 0 Å². The molecule has 2 heterocycles. The normalized spacial score (nSPS) is 20.8. The minimum Gasteiger partial charge on any atom is -0.474 e. The number of benzene rings is 1. The van der Waals surface area contributed by atoms with Gasteiger partial charge in [-0.2, -0.15) is 5.10 Å². The lowest BCUT2D eigenvalue weighted by Gasteiger charge is -2.26. The molecule has 1 aliphatic heterocycles. The molecule has 2 atom stereocenters. The Labute approximate surface area is 173 Å². The van der Waals surface area contributed by atoms with Crippen LogP contribution in [0, 0.1) is 5.82 Å². The molecular formula is C19H22FN5O4S. The van der Waals surface area contributed by atoms with Crippen molar-refractivity contribution in [3.05, 3.63) is 34.3 Å². The number of carbonyl (C=O) groups excluding carboxylic acids is 1. The van der Waals surface area contributed by atoms with E-state index in [4.69, 9.17) is 14.6 Å². The first-order valence-corrected chi connectivity index (χ1v) is 11.4. The van der Waals surface area contributed by atoms with E-state index in [9.17, 15) is 13.4 Å². The highest BCUT2D eigenvalue weighted by atomic mass is 32.2. The highest BCUT2D eigenvalue weighted by Gasteiger charge is 2.32. The average molecular weight is 435 g/mol. The number of methoxy groups -OCH3 is 1. The van der Waals surface area contributed by atoms with Gasteiger partial charge in [0.1, 0.15) is 23.4 Å². The molecule has 11 heteroatoms. The Morgan fingerprint density at radius 2 is 2.03 bits per heavy atom. The third-order valence-corrected chi connectivity index (χ3v) is 7.33. The van der Waals surface area contributed by atoms with Crippen molar-refractivity contribution < 1.29 is 22.9 Å². The van der Waals surface area contributed by atoms with Crippen LogP contribution in [0.25, 0.3) is 0 Å². The summed E-state index contributed by atoms with van der Waals surface area (Å²) in [7, 11) is -2.02. The Morgan fingerprint density at radius 3 is 2.77 bits per heavy atom. The first kappa shape index (κ1) is 19.5. The number of ether oxygens (including phenoxy) is 2. The maximum Gasteiger partial charge on any atom is 0.354 e. The lowest BCUT2D eigenvalue weighted by molar-refractivity contribution is 0.0165. The minimum absolute atomic E-state index is 0.0598. The van der Waals surface area contributed by atoms with Gasteiger partial charge in [0.2, 0.25) is 5.88 Å². The lowest BCUT2D eigenvalue weighted by atomic mass is 9.83. The summed E-state index contributed by atoms with van der Waals surface area (Å²) >= 11 is 0. The molecule has 3 N–H and O–H groups in total. The van der Waals surface area contributed by atoms with Crippen LogP contribution in [0.1, 0.15) is 28.7 Å². The molecule has 0 bridgehead atoms. The van der Waals surface area contributed by atoms with Crippen molar-refractivity contribution in [3.63, 3.8) is 0 Å². The van der Waals surface area contributed by atoms with Crippen LogP contribution in [0.4, 0.5) is 14.9 Å². The van der Waals surface area contributed by atoms with Crippen molar-refractivity contribution in [1.29, 1.82) is 0 Å². The fraction of sp³-hybridized carbons (Fsp3) is 0.474. The Kier molecular flexibility index (Phi) is 4.56. The predicted molar refractivity (Wildman–Crippen MR) is 106 cm³/mol. The molecule has 3 aliphatic rings. The van der Waals surface area contributed by atoms with E-state index in [0.717, 1.165) is 17.5 Å². The number of nitrogens with zero attached hydrogens (tertiary/aromatic N) is 3. The van der Waals surface area contributed by atoms with Crippen LogP contribution >= 0.6 is 0 Å². The minimum atomic E-state index is -3.59. The summed E-state index contributed by atoms with van der Waals surface area (Å²) < 4.78 is 43.7. The van der Waals surface area contributed by atoms with Gasteiger partial charge in [-0.3, -0.25) is 0 Å². The highest BCUT2D eigenvalue weighted by molar-refractivity contribution is 7.91. The van der Waals surface area contributed by atoms with Crippen molar-refractivity contribution in [2.45, 2.75) is 49.6 Å². The number of nitrogens with one attached hydrogen (secondary N) is 1. The molecule has 9 nitrogen and oxygen atoms in total. The topological polar surface area (TPSA) is 121 Å². The quantitative estimate of drug-likeness (QED) is 0.763. The van der Waals surface area contributed by atoms with Gasteiger partial charge in [-0.15, -0.1) is 4.36 Å². The van der Waals surface area contributed by atoms with Crippen molar-refractivity contribution in [2.24, 2.45) is 9.50 Å². The number of fused-ring (bicyclic) bond motifs is 3. The summed E-state index contributed by atoms with van der Waals surface area (Å²) in [5.41, 5.74) is 3.55. The number of hydrogen-bond donors (Lipinski definition) is 2. The third kappa shape index (κ3) is 2.99. The molecule has 5 rings (SSSR count). The van der Waals surface area contributed by atoms with E-state index in [2.05, 4.69) is 14.8 Å². The lowest BCUT2D eigenvalue weighted by Crippen LogP contribution is -2.32. The summed E-state index contributed by atoms with van der Waals surface area (Å²) in [4.78, 5) is 12.7. The largest absolute Gasteiger partial charge is 0.474 e. The van der Waals surface area contributed by atoms with Crippen LogP contribution in [0.5, 0.6) is 5.88 Å². The molecule has 0 fully saturated rings. The molecule has 0 saturated heterocycles. The molecule has 1 aromatic carbocycles. The first-order chi connectivity index (χ1) is 14.4. The molecule has 2 aromatic rings. The average Bonchev–Trinajstić information content (AvgIpc) is 3.32. The molecule has 0 saturated carbocycles. The van der Waals surface area contributed by atoms with Gasteiger partial charge < -0.3 is 14.8 Å². The van der Waals surface area contributed by atoms with Gasteiger partial charge in [-0.05, 0) is 54.4 Å². The van der Waals surface area contributed by atoms with Gasteiger partial charge in [-0.25, -0.2) is 23.2 Å². The molecular weight excluding hydrogens is 413 g/mol. The summed E-state index contributed by atoms with van der Waals surface area (Å²) in [6.45, 7) is 0.673. The van der Waals surface area contributed by atoms with Crippen LogP contribution in [0.15, 0.2) is 15.5 Å². The van der Waals surface area contributed by atoms with E-state index in [1.807, 2.05) is 0 Å². The summed E-state index contributed by atoms with van der Waals surface area (Å²) in [6, 6.07) is -0.831. The predicted octanol–water partition coefficient (Wildman–Crippen LogP) is 1.95. The highest BCUT2D eigenvalue weighted by Crippen LogP contribution is 2.42. The van der Waals surface area contributed by atoms with E-state index < -0.39 is 15.9 Å². The Bertz CT molecular complexity index is 1180. The number of hydrogen-bond acceptors (Lipinski definition) is 5. The van der Waals surface area contributed by atoms with Gasteiger partial charge in [-0.1, -0.05) is 0 Å². The van der Waals surface area contributed by atoms with Crippen molar-refractivity contribution in [1.82, 2.24) is 9.78 Å². The number of carbonyl (C=O) groups is 1. The SMILES string of the molecule is COC1COc2c(S(N)(=O)=NC(=O)Nc3c4c(c(F)c5c3CC5)CCC4)cnn2C1. The first-order valence-electron chi connectivity index (χ1n) is 9.81. The standard InChI is InChI=1S/C19H22FN5O4S/c1-28-10-8-25-18(29-9-10)15(7-22-25)30(21,27)24-19(26)23-17-13-4-2-3-11(13)16(20)12-5-6-14(12)17/h7,10H,2-6,8-9H2,1H3,(H3,21,23,24,26,27). The molecule has 30 heavy (non-hydrogen) atoms. The van der Waals surface area contributed by atoms with Crippen LogP contribution in [0.3, 0.4) is 0 Å². The van der Waals surface area contributed by atoms with Crippen molar-refractivity contribution in [3.8, 4) is 5.88 Å².